The minimum Gasteiger partial charge on any atom is -0.396 e. The van der Waals surface area contributed by atoms with Crippen molar-refractivity contribution in [1.82, 2.24) is 0 Å². The van der Waals surface area contributed by atoms with Crippen LogP contribution in [0.25, 0.3) is 0 Å². The maximum absolute atomic E-state index is 12.0. The molecule has 0 radical (unpaired) electrons. The third-order valence-corrected chi connectivity index (χ3v) is 8.45. The molecule has 4 fully saturated rings. The van der Waals surface area contributed by atoms with E-state index in [2.05, 4.69) is 27.7 Å². The van der Waals surface area contributed by atoms with Crippen molar-refractivity contribution in [3.8, 4) is 0 Å². The quantitative estimate of drug-likeness (QED) is 0.824. The molecule has 0 amide bonds. The normalized spacial score (nSPS) is 59.9. The molecule has 2 saturated carbocycles. The van der Waals surface area contributed by atoms with E-state index >= 15 is 0 Å². The minimum atomic E-state index is -0.828. The SMILES string of the molecule is CC(C)[C@@H]1CCC2[C@@]3(O)[C@H](CO)[C@]4(C)CC[C@@]3(CC[C@]21C)O4. The summed E-state index contributed by atoms with van der Waals surface area (Å²) in [6, 6.07) is 0. The monoisotopic (exact) mass is 308 g/mol. The summed E-state index contributed by atoms with van der Waals surface area (Å²) < 4.78 is 6.50. The lowest BCUT2D eigenvalue weighted by Crippen LogP contribution is -2.67. The van der Waals surface area contributed by atoms with Crippen LogP contribution in [0.15, 0.2) is 0 Å². The Morgan fingerprint density at radius 1 is 1.09 bits per heavy atom. The number of rotatable bonds is 2. The zero-order chi connectivity index (χ0) is 16.0. The molecule has 4 rings (SSSR count). The van der Waals surface area contributed by atoms with E-state index in [0.29, 0.717) is 11.8 Å². The highest BCUT2D eigenvalue weighted by molar-refractivity contribution is 5.28. The van der Waals surface area contributed by atoms with Gasteiger partial charge in [-0.15, -0.1) is 0 Å². The summed E-state index contributed by atoms with van der Waals surface area (Å²) in [4.78, 5) is 0. The molecule has 2 saturated heterocycles. The second-order valence-corrected chi connectivity index (χ2v) is 9.46. The summed E-state index contributed by atoms with van der Waals surface area (Å²) in [5.74, 6) is 1.50. The molecule has 0 aromatic heterocycles. The predicted molar refractivity (Wildman–Crippen MR) is 85.4 cm³/mol. The Morgan fingerprint density at radius 2 is 1.77 bits per heavy atom. The van der Waals surface area contributed by atoms with Crippen LogP contribution in [-0.4, -0.2) is 33.6 Å². The van der Waals surface area contributed by atoms with Gasteiger partial charge in [0.2, 0.25) is 0 Å². The third kappa shape index (κ3) is 1.45. The molecular weight excluding hydrogens is 276 g/mol. The molecule has 1 spiro atoms. The second-order valence-electron chi connectivity index (χ2n) is 9.46. The lowest BCUT2D eigenvalue weighted by atomic mass is 9.47. The Bertz CT molecular complexity index is 491. The fourth-order valence-electron chi connectivity index (χ4n) is 7.49. The van der Waals surface area contributed by atoms with Gasteiger partial charge in [0.05, 0.1) is 17.8 Å². The van der Waals surface area contributed by atoms with Crippen LogP contribution >= 0.6 is 0 Å². The van der Waals surface area contributed by atoms with Gasteiger partial charge in [-0.2, -0.15) is 0 Å². The van der Waals surface area contributed by atoms with Gasteiger partial charge in [-0.05, 0) is 68.6 Å². The molecule has 0 aromatic rings. The third-order valence-electron chi connectivity index (χ3n) is 8.45. The summed E-state index contributed by atoms with van der Waals surface area (Å²) in [6.45, 7) is 9.23. The van der Waals surface area contributed by atoms with Crippen LogP contribution in [0, 0.1) is 29.1 Å². The molecule has 3 nitrogen and oxygen atoms in total. The summed E-state index contributed by atoms with van der Waals surface area (Å²) >= 11 is 0. The van der Waals surface area contributed by atoms with E-state index in [9.17, 15) is 10.2 Å². The van der Waals surface area contributed by atoms with Crippen molar-refractivity contribution in [2.45, 2.75) is 83.0 Å². The topological polar surface area (TPSA) is 49.7 Å². The van der Waals surface area contributed by atoms with Gasteiger partial charge in [-0.3, -0.25) is 0 Å². The molecular formula is C19H32O3. The van der Waals surface area contributed by atoms with Gasteiger partial charge < -0.3 is 14.9 Å². The molecule has 22 heavy (non-hydrogen) atoms. The van der Waals surface area contributed by atoms with E-state index in [1.54, 1.807) is 0 Å². The van der Waals surface area contributed by atoms with Crippen molar-refractivity contribution in [3.05, 3.63) is 0 Å². The Kier molecular flexibility index (Phi) is 3.00. The maximum Gasteiger partial charge on any atom is 0.105 e. The van der Waals surface area contributed by atoms with Gasteiger partial charge in [-0.25, -0.2) is 0 Å². The van der Waals surface area contributed by atoms with Crippen LogP contribution < -0.4 is 0 Å². The Morgan fingerprint density at radius 3 is 2.41 bits per heavy atom. The molecule has 126 valence electrons. The smallest absolute Gasteiger partial charge is 0.105 e. The van der Waals surface area contributed by atoms with Gasteiger partial charge in [0.1, 0.15) is 5.60 Å². The van der Waals surface area contributed by atoms with E-state index in [1.807, 2.05) is 0 Å². The molecule has 3 heteroatoms. The lowest BCUT2D eigenvalue weighted by molar-refractivity contribution is -0.216. The highest BCUT2D eigenvalue weighted by Gasteiger charge is 2.79. The Labute approximate surface area is 134 Å². The molecule has 4 aliphatic rings. The number of hydrogen-bond acceptors (Lipinski definition) is 3. The van der Waals surface area contributed by atoms with Gasteiger partial charge in [0.15, 0.2) is 0 Å². The predicted octanol–water partition coefficient (Wildman–Crippen LogP) is 3.13. The molecule has 2 heterocycles. The van der Waals surface area contributed by atoms with Crippen LogP contribution in [-0.2, 0) is 4.74 Å². The van der Waals surface area contributed by atoms with E-state index in [-0.39, 0.29) is 35.1 Å². The van der Waals surface area contributed by atoms with Crippen LogP contribution in [0.2, 0.25) is 0 Å². The second kappa shape index (κ2) is 4.29. The average Bonchev–Trinajstić information content (AvgIpc) is 3.02. The van der Waals surface area contributed by atoms with Gasteiger partial charge in [-0.1, -0.05) is 20.8 Å². The van der Waals surface area contributed by atoms with Crippen molar-refractivity contribution in [1.29, 1.82) is 0 Å². The molecule has 2 aliphatic heterocycles. The lowest BCUT2D eigenvalue weighted by Gasteiger charge is -2.58. The molecule has 2 N–H and O–H groups in total. The Hall–Kier alpha value is -0.120. The fraction of sp³-hybridized carbons (Fsp3) is 1.00. The van der Waals surface area contributed by atoms with E-state index in [4.69, 9.17) is 4.74 Å². The van der Waals surface area contributed by atoms with Gasteiger partial charge >= 0.3 is 0 Å². The summed E-state index contributed by atoms with van der Waals surface area (Å²) in [7, 11) is 0. The largest absolute Gasteiger partial charge is 0.396 e. The van der Waals surface area contributed by atoms with Crippen molar-refractivity contribution < 1.29 is 14.9 Å². The Balaban J connectivity index is 1.81. The standard InChI is InChI=1S/C19H32O3/c1-12(2)13-5-6-14-16(13,3)7-9-18-10-8-17(4,22-18)15(11-20)19(14,18)21/h12-15,20-21H,5-11H2,1-4H3/t13-,14?,15+,16-,17-,18+,19+/m0/s1. The van der Waals surface area contributed by atoms with Crippen molar-refractivity contribution in [2.75, 3.05) is 6.61 Å². The van der Waals surface area contributed by atoms with E-state index < -0.39 is 5.60 Å². The number of hydrogen-bond donors (Lipinski definition) is 2. The summed E-state index contributed by atoms with van der Waals surface area (Å²) in [5, 5.41) is 22.1. The van der Waals surface area contributed by atoms with Crippen molar-refractivity contribution in [3.63, 3.8) is 0 Å². The van der Waals surface area contributed by atoms with Crippen LogP contribution in [0.5, 0.6) is 0 Å². The molecule has 2 bridgehead atoms. The first-order chi connectivity index (χ1) is 10.2. The van der Waals surface area contributed by atoms with E-state index in [0.717, 1.165) is 32.1 Å². The number of ether oxygens (including phenoxy) is 1. The fourth-order valence-corrected chi connectivity index (χ4v) is 7.49. The number of aliphatic hydroxyl groups is 2. The minimum absolute atomic E-state index is 0.0493. The molecule has 0 aromatic carbocycles. The van der Waals surface area contributed by atoms with Crippen molar-refractivity contribution in [2.24, 2.45) is 29.1 Å². The number of aliphatic hydroxyl groups excluding tert-OH is 1. The van der Waals surface area contributed by atoms with Crippen LogP contribution in [0.1, 0.15) is 66.2 Å². The molecule has 2 aliphatic carbocycles. The first-order valence-corrected chi connectivity index (χ1v) is 9.27. The first-order valence-electron chi connectivity index (χ1n) is 9.27. The van der Waals surface area contributed by atoms with Crippen LogP contribution in [0.3, 0.4) is 0 Å². The number of fused-ring (bicyclic) bond motifs is 3. The maximum atomic E-state index is 12.0. The summed E-state index contributed by atoms with van der Waals surface area (Å²) in [6.07, 6.45) is 6.38. The zero-order valence-corrected chi connectivity index (χ0v) is 14.6. The molecule has 7 atom stereocenters. The zero-order valence-electron chi connectivity index (χ0n) is 14.6. The van der Waals surface area contributed by atoms with E-state index in [1.165, 1.54) is 6.42 Å². The summed E-state index contributed by atoms with van der Waals surface area (Å²) in [5.41, 5.74) is -1.34. The first kappa shape index (κ1) is 15.4. The van der Waals surface area contributed by atoms with Gasteiger partial charge in [0, 0.05) is 5.92 Å². The highest BCUT2D eigenvalue weighted by atomic mass is 16.6. The van der Waals surface area contributed by atoms with Crippen LogP contribution in [0.4, 0.5) is 0 Å². The van der Waals surface area contributed by atoms with Gasteiger partial charge in [0.25, 0.3) is 0 Å². The average molecular weight is 308 g/mol. The highest BCUT2D eigenvalue weighted by Crippen LogP contribution is 2.73. The molecule has 1 unspecified atom stereocenters. The van der Waals surface area contributed by atoms with Crippen molar-refractivity contribution >= 4 is 0 Å².